The third kappa shape index (κ3) is 2.94. The van der Waals surface area contributed by atoms with Crippen LogP contribution in [0.4, 0.5) is 16.2 Å². The molecule has 8 heteroatoms. The van der Waals surface area contributed by atoms with E-state index in [1.807, 2.05) is 5.43 Å². The maximum atomic E-state index is 11.0. The summed E-state index contributed by atoms with van der Waals surface area (Å²) in [6.07, 6.45) is -1.52. The second-order valence-corrected chi connectivity index (χ2v) is 3.54. The summed E-state index contributed by atoms with van der Waals surface area (Å²) in [4.78, 5) is 32.0. The molecule has 8 nitrogen and oxygen atoms in total. The normalized spacial score (nSPS) is 9.67. The molecule has 0 aliphatic rings. The lowest BCUT2D eigenvalue weighted by Gasteiger charge is -2.18. The molecule has 1 aromatic rings. The van der Waals surface area contributed by atoms with E-state index in [9.17, 15) is 19.7 Å². The molecule has 0 spiro atoms. The molecule has 0 aliphatic carbocycles. The van der Waals surface area contributed by atoms with Gasteiger partial charge in [-0.1, -0.05) is 6.07 Å². The molecule has 1 aromatic carbocycles. The van der Waals surface area contributed by atoms with E-state index in [2.05, 4.69) is 0 Å². The van der Waals surface area contributed by atoms with Crippen LogP contribution in [0.2, 0.25) is 0 Å². The maximum Gasteiger partial charge on any atom is 0.431 e. The second kappa shape index (κ2) is 5.13. The van der Waals surface area contributed by atoms with Crippen LogP contribution in [0.1, 0.15) is 12.5 Å². The molecule has 0 bridgehead atoms. The SMILES string of the molecule is CC(=O)NN(C(=O)O)c1ccc(C)cc1[N+](=O)[O-]. The van der Waals surface area contributed by atoms with Gasteiger partial charge in [-0.2, -0.15) is 5.01 Å². The van der Waals surface area contributed by atoms with Gasteiger partial charge in [0.2, 0.25) is 5.91 Å². The Morgan fingerprint density at radius 2 is 2.06 bits per heavy atom. The van der Waals surface area contributed by atoms with Crippen molar-refractivity contribution in [3.05, 3.63) is 33.9 Å². The molecule has 0 saturated carbocycles. The van der Waals surface area contributed by atoms with Crippen LogP contribution in [0.15, 0.2) is 18.2 Å². The maximum absolute atomic E-state index is 11.0. The molecule has 0 atom stereocenters. The van der Waals surface area contributed by atoms with Crippen molar-refractivity contribution in [3.8, 4) is 0 Å². The van der Waals surface area contributed by atoms with Gasteiger partial charge in [-0.15, -0.1) is 0 Å². The molecule has 2 amide bonds. The number of nitrogens with zero attached hydrogens (tertiary/aromatic N) is 2. The molecular weight excluding hydrogens is 242 g/mol. The first-order valence-corrected chi connectivity index (χ1v) is 4.88. The molecule has 0 aromatic heterocycles. The van der Waals surface area contributed by atoms with Crippen molar-refractivity contribution in [1.82, 2.24) is 5.43 Å². The lowest BCUT2D eigenvalue weighted by Crippen LogP contribution is -2.45. The Bertz CT molecular complexity index is 514. The highest BCUT2D eigenvalue weighted by molar-refractivity contribution is 5.92. The zero-order valence-corrected chi connectivity index (χ0v) is 9.71. The number of nitro benzene ring substituents is 1. The van der Waals surface area contributed by atoms with Gasteiger partial charge in [-0.05, 0) is 18.6 Å². The summed E-state index contributed by atoms with van der Waals surface area (Å²) in [7, 11) is 0. The number of benzene rings is 1. The third-order valence-corrected chi connectivity index (χ3v) is 2.03. The van der Waals surface area contributed by atoms with E-state index in [4.69, 9.17) is 5.11 Å². The van der Waals surface area contributed by atoms with Crippen LogP contribution >= 0.6 is 0 Å². The molecule has 0 saturated heterocycles. The fraction of sp³-hybridized carbons (Fsp3) is 0.200. The first-order chi connectivity index (χ1) is 8.32. The average molecular weight is 253 g/mol. The van der Waals surface area contributed by atoms with Gasteiger partial charge in [0.1, 0.15) is 5.69 Å². The van der Waals surface area contributed by atoms with Crippen LogP contribution in [0.5, 0.6) is 0 Å². The van der Waals surface area contributed by atoms with Gasteiger partial charge in [-0.25, -0.2) is 4.79 Å². The molecule has 1 rings (SSSR count). The first-order valence-electron chi connectivity index (χ1n) is 4.88. The Labute approximate surface area is 102 Å². The molecule has 0 aliphatic heterocycles. The predicted octanol–water partition coefficient (Wildman–Crippen LogP) is 1.44. The van der Waals surface area contributed by atoms with Crippen molar-refractivity contribution in [2.24, 2.45) is 0 Å². The quantitative estimate of drug-likeness (QED) is 0.611. The number of amides is 2. The van der Waals surface area contributed by atoms with E-state index < -0.39 is 22.6 Å². The van der Waals surface area contributed by atoms with Crippen LogP contribution in [0.25, 0.3) is 0 Å². The fourth-order valence-electron chi connectivity index (χ4n) is 1.34. The number of nitro groups is 1. The summed E-state index contributed by atoms with van der Waals surface area (Å²) in [6.45, 7) is 2.75. The topological polar surface area (TPSA) is 113 Å². The Morgan fingerprint density at radius 3 is 2.50 bits per heavy atom. The van der Waals surface area contributed by atoms with Gasteiger partial charge < -0.3 is 5.11 Å². The number of rotatable bonds is 2. The number of anilines is 1. The van der Waals surface area contributed by atoms with E-state index in [-0.39, 0.29) is 5.69 Å². The van der Waals surface area contributed by atoms with Gasteiger partial charge in [0.05, 0.1) is 4.92 Å². The Hall–Kier alpha value is -2.64. The number of carboxylic acid groups (broad SMARTS) is 1. The van der Waals surface area contributed by atoms with Gasteiger partial charge in [0.25, 0.3) is 5.69 Å². The first kappa shape index (κ1) is 13.4. The summed E-state index contributed by atoms with van der Waals surface area (Å²) >= 11 is 0. The van der Waals surface area contributed by atoms with Crippen LogP contribution in [0, 0.1) is 17.0 Å². The minimum absolute atomic E-state index is 0.215. The number of nitrogens with one attached hydrogen (secondary N) is 1. The number of carbonyl (C=O) groups excluding carboxylic acids is 1. The standard InChI is InChI=1S/C10H11N3O5/c1-6-3-4-8(9(5-6)13(17)18)12(10(15)16)11-7(2)14/h3-5H,1-2H3,(H,11,14)(H,15,16). The van der Waals surface area contributed by atoms with E-state index in [1.54, 1.807) is 6.92 Å². The highest BCUT2D eigenvalue weighted by atomic mass is 16.6. The Balaban J connectivity index is 3.31. The minimum atomic E-state index is -1.52. The van der Waals surface area contributed by atoms with E-state index in [0.717, 1.165) is 6.92 Å². The number of hydrogen-bond donors (Lipinski definition) is 2. The van der Waals surface area contributed by atoms with E-state index >= 15 is 0 Å². The van der Waals surface area contributed by atoms with Crippen LogP contribution in [-0.2, 0) is 4.79 Å². The number of hydrogen-bond acceptors (Lipinski definition) is 4. The fourth-order valence-corrected chi connectivity index (χ4v) is 1.34. The van der Waals surface area contributed by atoms with Crippen LogP contribution in [0.3, 0.4) is 0 Å². The highest BCUT2D eigenvalue weighted by Crippen LogP contribution is 2.28. The Morgan fingerprint density at radius 1 is 1.44 bits per heavy atom. The summed E-state index contributed by atoms with van der Waals surface area (Å²) in [5.41, 5.74) is 2.00. The predicted molar refractivity (Wildman–Crippen MR) is 62.2 cm³/mol. The van der Waals surface area contributed by atoms with E-state index in [1.165, 1.54) is 18.2 Å². The number of hydrazine groups is 1. The molecule has 0 heterocycles. The number of aryl methyl sites for hydroxylation is 1. The molecule has 2 N–H and O–H groups in total. The summed E-state index contributed by atoms with van der Waals surface area (Å²) < 4.78 is 0. The van der Waals surface area contributed by atoms with Gasteiger partial charge >= 0.3 is 6.09 Å². The van der Waals surface area contributed by atoms with Crippen molar-refractivity contribution in [3.63, 3.8) is 0 Å². The van der Waals surface area contributed by atoms with Crippen molar-refractivity contribution < 1.29 is 19.6 Å². The average Bonchev–Trinajstić information content (AvgIpc) is 2.25. The van der Waals surface area contributed by atoms with Gasteiger partial charge in [-0.3, -0.25) is 20.3 Å². The molecule has 96 valence electrons. The van der Waals surface area contributed by atoms with Crippen molar-refractivity contribution in [2.45, 2.75) is 13.8 Å². The van der Waals surface area contributed by atoms with Gasteiger partial charge in [0.15, 0.2) is 0 Å². The van der Waals surface area contributed by atoms with Crippen molar-refractivity contribution >= 4 is 23.4 Å². The van der Waals surface area contributed by atoms with Crippen molar-refractivity contribution in [1.29, 1.82) is 0 Å². The second-order valence-electron chi connectivity index (χ2n) is 3.54. The zero-order valence-electron chi connectivity index (χ0n) is 9.71. The lowest BCUT2D eigenvalue weighted by molar-refractivity contribution is -0.384. The Kier molecular flexibility index (Phi) is 3.82. The molecule has 18 heavy (non-hydrogen) atoms. The smallest absolute Gasteiger partial charge is 0.431 e. The summed E-state index contributed by atoms with van der Waals surface area (Å²) in [5.74, 6) is -0.646. The lowest BCUT2D eigenvalue weighted by atomic mass is 10.2. The van der Waals surface area contributed by atoms with Crippen LogP contribution in [-0.4, -0.2) is 22.0 Å². The highest BCUT2D eigenvalue weighted by Gasteiger charge is 2.25. The largest absolute Gasteiger partial charge is 0.463 e. The molecule has 0 fully saturated rings. The molecule has 0 unspecified atom stereocenters. The molecule has 0 radical (unpaired) electrons. The van der Waals surface area contributed by atoms with E-state index in [0.29, 0.717) is 10.6 Å². The summed E-state index contributed by atoms with van der Waals surface area (Å²) in [6, 6.07) is 4.00. The molecular formula is C10H11N3O5. The van der Waals surface area contributed by atoms with Crippen molar-refractivity contribution in [2.75, 3.05) is 5.01 Å². The summed E-state index contributed by atoms with van der Waals surface area (Å²) in [5, 5.41) is 20.2. The zero-order chi connectivity index (χ0) is 13.9. The third-order valence-electron chi connectivity index (χ3n) is 2.03. The number of carbonyl (C=O) groups is 2. The van der Waals surface area contributed by atoms with Crippen LogP contribution < -0.4 is 10.4 Å². The minimum Gasteiger partial charge on any atom is -0.463 e. The van der Waals surface area contributed by atoms with Gasteiger partial charge in [0, 0.05) is 13.0 Å². The monoisotopic (exact) mass is 253 g/mol.